The van der Waals surface area contributed by atoms with Gasteiger partial charge in [0.15, 0.2) is 6.10 Å². The largest absolute Gasteiger partial charge is 0.452 e. The van der Waals surface area contributed by atoms with Crippen molar-refractivity contribution in [1.82, 2.24) is 0 Å². The van der Waals surface area contributed by atoms with Crippen LogP contribution in [0, 0.1) is 5.92 Å². The van der Waals surface area contributed by atoms with Gasteiger partial charge in [-0.3, -0.25) is 4.79 Å². The monoisotopic (exact) mass is 292 g/mol. The van der Waals surface area contributed by atoms with Crippen LogP contribution in [0.25, 0.3) is 0 Å². The summed E-state index contributed by atoms with van der Waals surface area (Å²) in [5.74, 6) is -0.929. The summed E-state index contributed by atoms with van der Waals surface area (Å²) in [5.41, 5.74) is 0.464. The summed E-state index contributed by atoms with van der Waals surface area (Å²) in [6.07, 6.45) is -0.761. The average Bonchev–Trinajstić information content (AvgIpc) is 2.76. The molecular formula is C16H20O5. The lowest BCUT2D eigenvalue weighted by molar-refractivity contribution is -0.186. The van der Waals surface area contributed by atoms with Crippen molar-refractivity contribution in [1.29, 1.82) is 0 Å². The number of carbonyl (C=O) groups is 2. The molecule has 1 aliphatic rings. The van der Waals surface area contributed by atoms with Crippen molar-refractivity contribution < 1.29 is 23.8 Å². The number of hydrogen-bond acceptors (Lipinski definition) is 5. The van der Waals surface area contributed by atoms with Gasteiger partial charge in [-0.1, -0.05) is 32.0 Å². The molecule has 1 aromatic rings. The van der Waals surface area contributed by atoms with Crippen LogP contribution in [0.5, 0.6) is 0 Å². The lowest BCUT2D eigenvalue weighted by atomic mass is 9.99. The second-order valence-electron chi connectivity index (χ2n) is 5.16. The first-order valence-corrected chi connectivity index (χ1v) is 7.11. The molecule has 4 atom stereocenters. The first-order chi connectivity index (χ1) is 10.0. The minimum absolute atomic E-state index is 0.0352. The molecule has 0 bridgehead atoms. The van der Waals surface area contributed by atoms with E-state index in [9.17, 15) is 9.59 Å². The van der Waals surface area contributed by atoms with Gasteiger partial charge in [-0.15, -0.1) is 0 Å². The highest BCUT2D eigenvalue weighted by atomic mass is 16.7. The van der Waals surface area contributed by atoms with E-state index >= 15 is 0 Å². The van der Waals surface area contributed by atoms with Crippen molar-refractivity contribution in [3.05, 3.63) is 35.9 Å². The molecular weight excluding hydrogens is 272 g/mol. The SMILES string of the molecule is CC[C@H]1O[C@@H](OC(C)=O)[C@@H](OC(=O)c2ccccc2)C1C. The third kappa shape index (κ3) is 3.61. The van der Waals surface area contributed by atoms with Crippen LogP contribution in [0.15, 0.2) is 30.3 Å². The minimum atomic E-state index is -0.838. The summed E-state index contributed by atoms with van der Waals surface area (Å²) in [6.45, 7) is 5.22. The molecule has 0 aliphatic carbocycles. The van der Waals surface area contributed by atoms with E-state index < -0.39 is 24.3 Å². The Kier molecular flexibility index (Phi) is 4.96. The van der Waals surface area contributed by atoms with E-state index in [1.165, 1.54) is 6.92 Å². The van der Waals surface area contributed by atoms with Gasteiger partial charge < -0.3 is 14.2 Å². The van der Waals surface area contributed by atoms with Gasteiger partial charge in [0.25, 0.3) is 0 Å². The Labute approximate surface area is 124 Å². The fourth-order valence-corrected chi connectivity index (χ4v) is 2.49. The lowest BCUT2D eigenvalue weighted by Gasteiger charge is -2.21. The van der Waals surface area contributed by atoms with Crippen LogP contribution in [-0.2, 0) is 19.0 Å². The Hall–Kier alpha value is -1.88. The smallest absolute Gasteiger partial charge is 0.338 e. The van der Waals surface area contributed by atoms with E-state index in [0.29, 0.717) is 5.56 Å². The third-order valence-corrected chi connectivity index (χ3v) is 3.62. The summed E-state index contributed by atoms with van der Waals surface area (Å²) in [4.78, 5) is 23.3. The van der Waals surface area contributed by atoms with E-state index in [-0.39, 0.29) is 12.0 Å². The Bertz CT molecular complexity index is 499. The maximum atomic E-state index is 12.2. The number of carbonyl (C=O) groups excluding carboxylic acids is 2. The maximum Gasteiger partial charge on any atom is 0.338 e. The average molecular weight is 292 g/mol. The molecule has 1 saturated heterocycles. The number of ether oxygens (including phenoxy) is 3. The van der Waals surface area contributed by atoms with E-state index in [1.54, 1.807) is 24.3 Å². The number of hydrogen-bond donors (Lipinski definition) is 0. The Morgan fingerprint density at radius 3 is 2.43 bits per heavy atom. The summed E-state index contributed by atoms with van der Waals surface area (Å²) in [5, 5.41) is 0. The number of benzene rings is 1. The van der Waals surface area contributed by atoms with E-state index in [1.807, 2.05) is 19.9 Å². The number of rotatable bonds is 4. The summed E-state index contributed by atoms with van der Waals surface area (Å²) >= 11 is 0. The van der Waals surface area contributed by atoms with Gasteiger partial charge in [0.1, 0.15) is 0 Å². The second-order valence-corrected chi connectivity index (χ2v) is 5.16. The van der Waals surface area contributed by atoms with Crippen LogP contribution in [0.1, 0.15) is 37.6 Å². The molecule has 0 N–H and O–H groups in total. The van der Waals surface area contributed by atoms with E-state index in [4.69, 9.17) is 14.2 Å². The van der Waals surface area contributed by atoms with Crippen molar-refractivity contribution in [2.24, 2.45) is 5.92 Å². The molecule has 1 heterocycles. The van der Waals surface area contributed by atoms with Crippen molar-refractivity contribution in [2.75, 3.05) is 0 Å². The summed E-state index contributed by atoms with van der Waals surface area (Å²) in [7, 11) is 0. The molecule has 1 fully saturated rings. The van der Waals surface area contributed by atoms with Crippen LogP contribution in [-0.4, -0.2) is 30.4 Å². The molecule has 0 amide bonds. The normalized spacial score (nSPS) is 28.1. The van der Waals surface area contributed by atoms with Crippen LogP contribution in [0.2, 0.25) is 0 Å². The molecule has 0 radical (unpaired) electrons. The van der Waals surface area contributed by atoms with Crippen LogP contribution < -0.4 is 0 Å². The van der Waals surface area contributed by atoms with Gasteiger partial charge in [0.05, 0.1) is 11.7 Å². The highest BCUT2D eigenvalue weighted by Crippen LogP contribution is 2.32. The summed E-state index contributed by atoms with van der Waals surface area (Å²) < 4.78 is 16.3. The molecule has 1 unspecified atom stereocenters. The zero-order valence-electron chi connectivity index (χ0n) is 12.4. The van der Waals surface area contributed by atoms with Crippen LogP contribution in [0.4, 0.5) is 0 Å². The molecule has 0 saturated carbocycles. The zero-order valence-corrected chi connectivity index (χ0v) is 12.4. The fraction of sp³-hybridized carbons (Fsp3) is 0.500. The first-order valence-electron chi connectivity index (χ1n) is 7.11. The lowest BCUT2D eigenvalue weighted by Crippen LogP contribution is -2.34. The van der Waals surface area contributed by atoms with Crippen molar-refractivity contribution in [2.45, 2.75) is 45.7 Å². The molecule has 21 heavy (non-hydrogen) atoms. The highest BCUT2D eigenvalue weighted by molar-refractivity contribution is 5.89. The van der Waals surface area contributed by atoms with Gasteiger partial charge in [0, 0.05) is 12.8 Å². The second kappa shape index (κ2) is 6.72. The minimum Gasteiger partial charge on any atom is -0.452 e. The van der Waals surface area contributed by atoms with Gasteiger partial charge >= 0.3 is 11.9 Å². The van der Waals surface area contributed by atoms with Crippen molar-refractivity contribution in [3.8, 4) is 0 Å². The van der Waals surface area contributed by atoms with Crippen LogP contribution in [0.3, 0.4) is 0 Å². The predicted molar refractivity (Wildman–Crippen MR) is 75.5 cm³/mol. The molecule has 5 nitrogen and oxygen atoms in total. The molecule has 5 heteroatoms. The van der Waals surface area contributed by atoms with Gasteiger partial charge in [0.2, 0.25) is 6.29 Å². The summed E-state index contributed by atoms with van der Waals surface area (Å²) in [6, 6.07) is 8.72. The molecule has 0 spiro atoms. The standard InChI is InChI=1S/C16H20O5/c1-4-13-10(2)14(16(20-13)19-11(3)17)21-15(18)12-8-6-5-7-9-12/h5-10,13-14,16H,4H2,1-3H3/t10?,13-,14+,16-/m1/s1. The van der Waals surface area contributed by atoms with E-state index in [0.717, 1.165) is 6.42 Å². The highest BCUT2D eigenvalue weighted by Gasteiger charge is 2.45. The molecule has 1 aliphatic heterocycles. The maximum absolute atomic E-state index is 12.2. The number of esters is 2. The molecule has 114 valence electrons. The fourth-order valence-electron chi connectivity index (χ4n) is 2.49. The first kappa shape index (κ1) is 15.5. The van der Waals surface area contributed by atoms with Gasteiger partial charge in [-0.05, 0) is 18.6 Å². The predicted octanol–water partition coefficient (Wildman–Crippen LogP) is 2.55. The zero-order chi connectivity index (χ0) is 15.4. The Morgan fingerprint density at radius 1 is 1.19 bits per heavy atom. The van der Waals surface area contributed by atoms with Crippen molar-refractivity contribution >= 4 is 11.9 Å². The molecule has 1 aromatic carbocycles. The van der Waals surface area contributed by atoms with E-state index in [2.05, 4.69) is 0 Å². The third-order valence-electron chi connectivity index (χ3n) is 3.62. The quantitative estimate of drug-likeness (QED) is 0.798. The van der Waals surface area contributed by atoms with Crippen LogP contribution >= 0.6 is 0 Å². The topological polar surface area (TPSA) is 61.8 Å². The molecule has 0 aromatic heterocycles. The van der Waals surface area contributed by atoms with Gasteiger partial charge in [-0.2, -0.15) is 0 Å². The Balaban J connectivity index is 2.11. The Morgan fingerprint density at radius 2 is 1.86 bits per heavy atom. The van der Waals surface area contributed by atoms with Gasteiger partial charge in [-0.25, -0.2) is 4.79 Å². The molecule has 2 rings (SSSR count). The van der Waals surface area contributed by atoms with Crippen molar-refractivity contribution in [3.63, 3.8) is 0 Å².